The summed E-state index contributed by atoms with van der Waals surface area (Å²) in [6.45, 7) is 6.02. The minimum absolute atomic E-state index is 0.240. The Hall–Kier alpha value is -3.91. The quantitative estimate of drug-likeness (QED) is 0.378. The van der Waals surface area contributed by atoms with Crippen molar-refractivity contribution in [2.24, 2.45) is 0 Å². The predicted octanol–water partition coefficient (Wildman–Crippen LogP) is 6.13. The Morgan fingerprint density at radius 2 is 1.91 bits per heavy atom. The number of nitrogens with one attached hydrogen (secondary N) is 1. The van der Waals surface area contributed by atoms with Crippen LogP contribution in [0.25, 0.3) is 16.3 Å². The zero-order chi connectivity index (χ0) is 23.8. The Morgan fingerprint density at radius 3 is 2.65 bits per heavy atom. The Morgan fingerprint density at radius 1 is 1.06 bits per heavy atom. The van der Waals surface area contributed by atoms with E-state index in [2.05, 4.69) is 36.5 Å². The average molecular weight is 473 g/mol. The van der Waals surface area contributed by atoms with Crippen LogP contribution in [0.4, 0.5) is 10.5 Å². The standard InChI is InChI=1S/C26H24N4O3S/c1-15-10-11-18(13-16(15)2)23-22(25-28-24(29-33-25)21-9-6-12-34-21)17(3)30(26(31)27-23)19-7-5-8-20(14-19)32-4/h5-14,23H,1-4H3,(H,27,31). The number of hydrogen-bond donors (Lipinski definition) is 1. The van der Waals surface area contributed by atoms with E-state index in [0.29, 0.717) is 28.8 Å². The van der Waals surface area contributed by atoms with Gasteiger partial charge in [-0.2, -0.15) is 4.98 Å². The first-order chi connectivity index (χ1) is 16.5. The molecule has 0 saturated heterocycles. The van der Waals surface area contributed by atoms with Crippen LogP contribution in [-0.4, -0.2) is 23.3 Å². The maximum absolute atomic E-state index is 13.4. The maximum atomic E-state index is 13.4. The van der Waals surface area contributed by atoms with Crippen molar-refractivity contribution in [2.45, 2.75) is 26.8 Å². The lowest BCUT2D eigenvalue weighted by Crippen LogP contribution is -2.46. The van der Waals surface area contributed by atoms with E-state index >= 15 is 0 Å². The highest BCUT2D eigenvalue weighted by molar-refractivity contribution is 7.13. The molecule has 2 aromatic heterocycles. The molecule has 0 aliphatic carbocycles. The molecule has 172 valence electrons. The number of carbonyl (C=O) groups is 1. The molecule has 1 N–H and O–H groups in total. The SMILES string of the molecule is COc1cccc(N2C(=O)NC(c3ccc(C)c(C)c3)C(c3nc(-c4cccs4)no3)=C2C)c1. The molecule has 0 saturated carbocycles. The number of allylic oxidation sites excluding steroid dienone is 1. The third-order valence-electron chi connectivity index (χ3n) is 6.06. The summed E-state index contributed by atoms with van der Waals surface area (Å²) in [5.74, 6) is 1.56. The minimum Gasteiger partial charge on any atom is -0.497 e. The van der Waals surface area contributed by atoms with Crippen molar-refractivity contribution in [3.8, 4) is 16.5 Å². The topological polar surface area (TPSA) is 80.5 Å². The van der Waals surface area contributed by atoms with E-state index in [1.165, 1.54) is 5.56 Å². The van der Waals surface area contributed by atoms with Crippen LogP contribution >= 0.6 is 11.3 Å². The average Bonchev–Trinajstić information content (AvgIpc) is 3.53. The summed E-state index contributed by atoms with van der Waals surface area (Å²) in [4.78, 5) is 20.6. The van der Waals surface area contributed by atoms with Gasteiger partial charge in [0.25, 0.3) is 5.89 Å². The van der Waals surface area contributed by atoms with Crippen LogP contribution in [0.1, 0.15) is 35.5 Å². The second-order valence-electron chi connectivity index (χ2n) is 8.16. The zero-order valence-electron chi connectivity index (χ0n) is 19.3. The van der Waals surface area contributed by atoms with E-state index in [1.807, 2.05) is 54.8 Å². The summed E-state index contributed by atoms with van der Waals surface area (Å²) in [6, 6.07) is 16.8. The van der Waals surface area contributed by atoms with Gasteiger partial charge < -0.3 is 14.6 Å². The van der Waals surface area contributed by atoms with Crippen molar-refractivity contribution in [1.29, 1.82) is 0 Å². The number of hydrogen-bond acceptors (Lipinski definition) is 6. The zero-order valence-corrected chi connectivity index (χ0v) is 20.1. The molecule has 4 aromatic rings. The van der Waals surface area contributed by atoms with Gasteiger partial charge in [-0.15, -0.1) is 11.3 Å². The van der Waals surface area contributed by atoms with Gasteiger partial charge in [0, 0.05) is 11.8 Å². The van der Waals surface area contributed by atoms with E-state index in [4.69, 9.17) is 14.2 Å². The van der Waals surface area contributed by atoms with Crippen molar-refractivity contribution in [3.63, 3.8) is 0 Å². The Balaban J connectivity index is 1.67. The monoisotopic (exact) mass is 472 g/mol. The first-order valence-corrected chi connectivity index (χ1v) is 11.7. The lowest BCUT2D eigenvalue weighted by Gasteiger charge is -2.35. The Labute approximate surface area is 201 Å². The molecule has 34 heavy (non-hydrogen) atoms. The van der Waals surface area contributed by atoms with E-state index in [-0.39, 0.29) is 6.03 Å². The lowest BCUT2D eigenvalue weighted by atomic mass is 9.92. The molecule has 1 aliphatic rings. The molecule has 0 bridgehead atoms. The van der Waals surface area contributed by atoms with Crippen molar-refractivity contribution in [1.82, 2.24) is 15.5 Å². The fourth-order valence-corrected chi connectivity index (χ4v) is 4.76. The number of rotatable bonds is 5. The number of urea groups is 1. The molecular formula is C26H24N4O3S. The van der Waals surface area contributed by atoms with Crippen LogP contribution in [0.15, 0.2) is 70.2 Å². The van der Waals surface area contributed by atoms with Gasteiger partial charge >= 0.3 is 6.03 Å². The van der Waals surface area contributed by atoms with Gasteiger partial charge in [0.1, 0.15) is 5.75 Å². The normalized spacial score (nSPS) is 16.1. The summed E-state index contributed by atoms with van der Waals surface area (Å²) in [5, 5.41) is 9.33. The van der Waals surface area contributed by atoms with Crippen molar-refractivity contribution < 1.29 is 14.1 Å². The van der Waals surface area contributed by atoms with Crippen LogP contribution < -0.4 is 15.0 Å². The number of aryl methyl sites for hydroxylation is 2. The van der Waals surface area contributed by atoms with Crippen LogP contribution in [0.3, 0.4) is 0 Å². The van der Waals surface area contributed by atoms with Gasteiger partial charge in [-0.05, 0) is 61.0 Å². The van der Waals surface area contributed by atoms with Crippen molar-refractivity contribution in [3.05, 3.63) is 88.3 Å². The fraction of sp³-hybridized carbons (Fsp3) is 0.192. The van der Waals surface area contributed by atoms with Crippen LogP contribution in [0.2, 0.25) is 0 Å². The highest BCUT2D eigenvalue weighted by Gasteiger charge is 2.36. The highest BCUT2D eigenvalue weighted by Crippen LogP contribution is 2.40. The van der Waals surface area contributed by atoms with Gasteiger partial charge in [0.05, 0.1) is 29.3 Å². The van der Waals surface area contributed by atoms with E-state index in [9.17, 15) is 4.79 Å². The number of benzene rings is 2. The molecule has 3 heterocycles. The van der Waals surface area contributed by atoms with Crippen LogP contribution in [0, 0.1) is 13.8 Å². The van der Waals surface area contributed by atoms with E-state index < -0.39 is 6.04 Å². The molecule has 2 aromatic carbocycles. The van der Waals surface area contributed by atoms with Crippen molar-refractivity contribution in [2.75, 3.05) is 12.0 Å². The molecule has 7 nitrogen and oxygen atoms in total. The summed E-state index contributed by atoms with van der Waals surface area (Å²) in [6.07, 6.45) is 0. The highest BCUT2D eigenvalue weighted by atomic mass is 32.1. The second-order valence-corrected chi connectivity index (χ2v) is 9.11. The number of methoxy groups -OCH3 is 1. The molecule has 2 amide bonds. The molecule has 1 unspecified atom stereocenters. The summed E-state index contributed by atoms with van der Waals surface area (Å²) in [5.41, 5.74) is 5.42. The fourth-order valence-electron chi connectivity index (χ4n) is 4.11. The van der Waals surface area contributed by atoms with Gasteiger partial charge in [-0.25, -0.2) is 4.79 Å². The summed E-state index contributed by atoms with van der Waals surface area (Å²) >= 11 is 1.54. The number of aromatic nitrogens is 2. The lowest BCUT2D eigenvalue weighted by molar-refractivity contribution is 0.244. The minimum atomic E-state index is -0.440. The first kappa shape index (κ1) is 21.9. The van der Waals surface area contributed by atoms with Gasteiger partial charge in [0.2, 0.25) is 5.82 Å². The molecule has 8 heteroatoms. The van der Waals surface area contributed by atoms with Gasteiger partial charge in [0.15, 0.2) is 0 Å². The number of ether oxygens (including phenoxy) is 1. The molecule has 0 radical (unpaired) electrons. The second kappa shape index (κ2) is 8.79. The molecule has 0 fully saturated rings. The smallest absolute Gasteiger partial charge is 0.327 e. The van der Waals surface area contributed by atoms with Gasteiger partial charge in [-0.3, -0.25) is 4.90 Å². The van der Waals surface area contributed by atoms with E-state index in [1.54, 1.807) is 23.3 Å². The number of anilines is 1. The number of nitrogens with zero attached hydrogens (tertiary/aromatic N) is 3. The van der Waals surface area contributed by atoms with E-state index in [0.717, 1.165) is 21.6 Å². The molecule has 1 aliphatic heterocycles. The predicted molar refractivity (Wildman–Crippen MR) is 133 cm³/mol. The number of amides is 2. The Kier molecular flexibility index (Phi) is 5.67. The third-order valence-corrected chi connectivity index (χ3v) is 6.92. The van der Waals surface area contributed by atoms with Gasteiger partial charge in [-0.1, -0.05) is 35.5 Å². The molecular weight excluding hydrogens is 448 g/mol. The Bertz CT molecular complexity index is 1390. The maximum Gasteiger partial charge on any atom is 0.327 e. The molecule has 1 atom stereocenters. The van der Waals surface area contributed by atoms with Crippen LogP contribution in [-0.2, 0) is 0 Å². The summed E-state index contributed by atoms with van der Waals surface area (Å²) < 4.78 is 11.1. The number of thiophene rings is 1. The number of carbonyl (C=O) groups excluding carboxylic acids is 1. The summed E-state index contributed by atoms with van der Waals surface area (Å²) in [7, 11) is 1.60. The molecule has 5 rings (SSSR count). The largest absolute Gasteiger partial charge is 0.497 e. The first-order valence-electron chi connectivity index (χ1n) is 10.9. The third kappa shape index (κ3) is 3.86. The van der Waals surface area contributed by atoms with Crippen molar-refractivity contribution >= 4 is 28.6 Å². The molecule has 0 spiro atoms. The van der Waals surface area contributed by atoms with Crippen LogP contribution in [0.5, 0.6) is 5.75 Å².